The van der Waals surface area contributed by atoms with E-state index in [1.54, 1.807) is 52.6 Å². The third kappa shape index (κ3) is 13.8. The van der Waals surface area contributed by atoms with Gasteiger partial charge in [-0.25, -0.2) is 18.4 Å². The Morgan fingerprint density at radius 2 is 1.43 bits per heavy atom. The van der Waals surface area contributed by atoms with Gasteiger partial charge < -0.3 is 24.7 Å². The number of ketones is 1. The molecule has 21 heteroatoms. The van der Waals surface area contributed by atoms with Gasteiger partial charge >= 0.3 is 5.97 Å². The molecule has 1 saturated carbocycles. The summed E-state index contributed by atoms with van der Waals surface area (Å²) in [5.74, 6) is -2.14. The maximum atomic E-state index is 15.1. The molecule has 0 radical (unpaired) electrons. The van der Waals surface area contributed by atoms with Crippen LogP contribution in [0.2, 0.25) is 10.0 Å². The second-order valence-electron chi connectivity index (χ2n) is 24.5. The number of benzene rings is 2. The van der Waals surface area contributed by atoms with Crippen LogP contribution in [0.4, 0.5) is 5.69 Å². The summed E-state index contributed by atoms with van der Waals surface area (Å²) in [6.07, 6.45) is 10.0. The van der Waals surface area contributed by atoms with Gasteiger partial charge in [-0.1, -0.05) is 94.4 Å². The minimum Gasteiger partial charge on any atom is -0.481 e. The van der Waals surface area contributed by atoms with Gasteiger partial charge in [-0.05, 0) is 104 Å². The molecular formula is C62H77Cl2N9O9S. The van der Waals surface area contributed by atoms with Crippen LogP contribution in [-0.4, -0.2) is 146 Å². The fraction of sp³-hybridized carbons (Fsp3) is 0.532. The highest BCUT2D eigenvalue weighted by atomic mass is 35.5. The Hall–Kier alpha value is -6.28. The number of likely N-dealkylation sites (tertiary alicyclic amines) is 1. The number of amides is 3. The first-order chi connectivity index (χ1) is 39.4. The Morgan fingerprint density at radius 3 is 2.01 bits per heavy atom. The number of halogens is 2. The van der Waals surface area contributed by atoms with E-state index >= 15 is 4.79 Å². The number of unbranched alkanes of at least 4 members (excludes halogenated alkanes) is 2. The smallest absolute Gasteiger partial charge is 0.304 e. The van der Waals surface area contributed by atoms with Gasteiger partial charge in [0, 0.05) is 104 Å². The molecule has 3 aliphatic heterocycles. The van der Waals surface area contributed by atoms with Gasteiger partial charge in [-0.3, -0.25) is 38.3 Å². The van der Waals surface area contributed by atoms with Crippen molar-refractivity contribution in [3.63, 3.8) is 0 Å². The molecule has 5 aromatic rings. The van der Waals surface area contributed by atoms with E-state index in [0.29, 0.717) is 90.7 Å². The number of anilines is 1. The molecule has 6 heterocycles. The lowest BCUT2D eigenvalue weighted by Gasteiger charge is -2.54. The average molecular weight is 1200 g/mol. The molecule has 83 heavy (non-hydrogen) atoms. The van der Waals surface area contributed by atoms with Crippen molar-refractivity contribution in [3.05, 3.63) is 127 Å². The minimum atomic E-state index is -4.05. The van der Waals surface area contributed by atoms with Gasteiger partial charge in [0.25, 0.3) is 5.56 Å². The van der Waals surface area contributed by atoms with Gasteiger partial charge in [0.2, 0.25) is 27.7 Å². The molecule has 1 N–H and O–H groups in total. The maximum Gasteiger partial charge on any atom is 0.304 e. The number of Topliss-reactive ketones (excluding diaryl/α,β-unsaturated/α-hetero) is 1. The number of fused-ring (bicyclic) bond motifs is 1. The molecule has 9 rings (SSSR count). The highest BCUT2D eigenvalue weighted by Gasteiger charge is 2.55. The summed E-state index contributed by atoms with van der Waals surface area (Å²) in [7, 11) is -4.05. The number of rotatable bonds is 19. The highest BCUT2D eigenvalue weighted by molar-refractivity contribution is 7.89. The summed E-state index contributed by atoms with van der Waals surface area (Å²) in [5, 5.41) is 11.8. The Morgan fingerprint density at radius 1 is 0.795 bits per heavy atom. The monoisotopic (exact) mass is 1190 g/mol. The Kier molecular flexibility index (Phi) is 18.8. The van der Waals surface area contributed by atoms with Gasteiger partial charge in [-0.15, -0.1) is 0 Å². The molecule has 0 unspecified atom stereocenters. The topological polar surface area (TPSA) is 217 Å². The van der Waals surface area contributed by atoms with Crippen LogP contribution in [0.1, 0.15) is 162 Å². The van der Waals surface area contributed by atoms with Gasteiger partial charge in [0.05, 0.1) is 53.5 Å². The number of piperazine rings is 2. The lowest BCUT2D eigenvalue weighted by atomic mass is 9.66. The fourth-order valence-corrected chi connectivity index (χ4v) is 15.3. The number of piperidine rings is 1. The number of aliphatic carboxylic acids is 1. The SMILES string of the molecule is CC(=O)c1c(C)c2cnc(Cc3ccc(N4CCN(C(=O)CCCCCC(=O)N5CCN(S(=O)(=O)C[C@@H](N6C(=O)[C@@](C)(CC(=O)O)C[C@H](c7cccc(Cl)c7)[C@H]6c6ccc(Cl)cc6)C(C)(C)C)CC5)CC4)cn3)nc2n(C2CCCC2)c1=O. The summed E-state index contributed by atoms with van der Waals surface area (Å²) in [6, 6.07) is 16.8. The van der Waals surface area contributed by atoms with Gasteiger partial charge in [0.15, 0.2) is 5.78 Å². The van der Waals surface area contributed by atoms with Gasteiger partial charge in [0.1, 0.15) is 11.5 Å². The molecule has 444 valence electrons. The highest BCUT2D eigenvalue weighted by Crippen LogP contribution is 2.53. The number of carbonyl (C=O) groups excluding carboxylic acids is 4. The zero-order valence-corrected chi connectivity index (χ0v) is 50.8. The predicted molar refractivity (Wildman–Crippen MR) is 320 cm³/mol. The van der Waals surface area contributed by atoms with Crippen molar-refractivity contribution in [2.45, 2.75) is 143 Å². The van der Waals surface area contributed by atoms with E-state index in [2.05, 4.69) is 9.88 Å². The molecule has 0 bridgehead atoms. The molecule has 3 saturated heterocycles. The van der Waals surface area contributed by atoms with Crippen LogP contribution in [0.3, 0.4) is 0 Å². The molecule has 2 aromatic carbocycles. The van der Waals surface area contributed by atoms with Crippen LogP contribution in [0.15, 0.2) is 77.9 Å². The predicted octanol–water partition coefficient (Wildman–Crippen LogP) is 9.44. The summed E-state index contributed by atoms with van der Waals surface area (Å²) in [6.45, 7) is 13.6. The van der Waals surface area contributed by atoms with Crippen LogP contribution >= 0.6 is 23.2 Å². The fourth-order valence-electron chi connectivity index (χ4n) is 13.0. The molecule has 0 spiro atoms. The quantitative estimate of drug-likeness (QED) is 0.0603. The lowest BCUT2D eigenvalue weighted by Crippen LogP contribution is -2.61. The van der Waals surface area contributed by atoms with E-state index in [4.69, 9.17) is 33.2 Å². The van der Waals surface area contributed by atoms with Crippen LogP contribution < -0.4 is 10.5 Å². The third-order valence-electron chi connectivity index (χ3n) is 17.5. The number of nitrogens with zero attached hydrogens (tertiary/aromatic N) is 9. The largest absolute Gasteiger partial charge is 0.481 e. The zero-order chi connectivity index (χ0) is 59.5. The second kappa shape index (κ2) is 25.5. The lowest BCUT2D eigenvalue weighted by molar-refractivity contribution is -0.162. The van der Waals surface area contributed by atoms with Crippen molar-refractivity contribution in [1.82, 2.24) is 38.5 Å². The van der Waals surface area contributed by atoms with E-state index < -0.39 is 62.9 Å². The molecule has 3 aromatic heterocycles. The number of hydrogen-bond donors (Lipinski definition) is 1. The third-order valence-corrected chi connectivity index (χ3v) is 19.9. The van der Waals surface area contributed by atoms with Crippen LogP contribution in [0, 0.1) is 17.8 Å². The summed E-state index contributed by atoms with van der Waals surface area (Å²) in [5.41, 5.74) is 2.18. The summed E-state index contributed by atoms with van der Waals surface area (Å²) < 4.78 is 32.4. The van der Waals surface area contributed by atoms with E-state index in [0.717, 1.165) is 48.2 Å². The standard InChI is InChI=1S/C62H77Cl2N9O9S/c1-40-50-38-66-52(67-58(50)72(47-15-10-11-16-47)59(79)56(40)41(2)74)34-46-23-24-48(37-65-46)68-25-27-69(28-26-68)53(75)17-8-7-9-18-54(76)70-29-31-71(32-30-70)83(81,82)39-51(61(3,4)5)73-57(42-19-21-44(63)22-20-42)49(43-13-12-14-45(64)33-43)35-62(6,60(73)80)36-55(77)78/h12-14,19-24,33,37-38,47,49,51,57H,7-11,15-18,25-32,34-36,39H2,1-6H3,(H,77,78)/t49-,51-,57-,62-/m1/s1. The number of aromatic nitrogens is 4. The number of carbonyl (C=O) groups is 5. The molecule has 18 nitrogen and oxygen atoms in total. The number of aryl methyl sites for hydroxylation is 1. The van der Waals surface area contributed by atoms with E-state index in [-0.39, 0.29) is 73.8 Å². The maximum absolute atomic E-state index is 15.1. The Balaban J connectivity index is 0.743. The Labute approximate surface area is 496 Å². The number of carboxylic acids is 1. The zero-order valence-electron chi connectivity index (χ0n) is 48.5. The first kappa shape index (κ1) is 61.3. The molecular weight excluding hydrogens is 1120 g/mol. The molecule has 4 fully saturated rings. The van der Waals surface area contributed by atoms with Crippen molar-refractivity contribution in [1.29, 1.82) is 0 Å². The van der Waals surface area contributed by atoms with Crippen molar-refractivity contribution < 1.29 is 37.5 Å². The molecule has 1 aliphatic carbocycles. The number of pyridine rings is 2. The summed E-state index contributed by atoms with van der Waals surface area (Å²) in [4.78, 5) is 102. The van der Waals surface area contributed by atoms with Crippen LogP contribution in [0.25, 0.3) is 11.0 Å². The van der Waals surface area contributed by atoms with E-state index in [1.165, 1.54) is 11.2 Å². The summed E-state index contributed by atoms with van der Waals surface area (Å²) >= 11 is 12.9. The molecule has 4 atom stereocenters. The van der Waals surface area contributed by atoms with Crippen molar-refractivity contribution >= 4 is 79.4 Å². The first-order valence-corrected chi connectivity index (χ1v) is 31.5. The van der Waals surface area contributed by atoms with E-state index in [1.807, 2.05) is 74.3 Å². The second-order valence-corrected chi connectivity index (χ2v) is 27.3. The Bertz CT molecular complexity index is 3410. The van der Waals surface area contributed by atoms with Crippen molar-refractivity contribution in [2.75, 3.05) is 63.0 Å². The average Bonchev–Trinajstić information content (AvgIpc) is 1.88. The van der Waals surface area contributed by atoms with Crippen molar-refractivity contribution in [3.8, 4) is 0 Å². The van der Waals surface area contributed by atoms with Gasteiger partial charge in [-0.2, -0.15) is 4.31 Å². The van der Waals surface area contributed by atoms with Crippen molar-refractivity contribution in [2.24, 2.45) is 10.8 Å². The van der Waals surface area contributed by atoms with Crippen LogP contribution in [0.5, 0.6) is 0 Å². The number of sulfonamides is 1. The molecule has 3 amide bonds. The van der Waals surface area contributed by atoms with Crippen LogP contribution in [-0.2, 0) is 35.6 Å². The number of carboxylic acid groups (broad SMARTS) is 1. The number of hydrogen-bond acceptors (Lipinski definition) is 12. The van der Waals surface area contributed by atoms with E-state index in [9.17, 15) is 37.5 Å². The first-order valence-electron chi connectivity index (χ1n) is 29.1. The normalized spacial score (nSPS) is 20.7. The minimum absolute atomic E-state index is 0.00355. The molecule has 4 aliphatic rings.